The predicted molar refractivity (Wildman–Crippen MR) is 103 cm³/mol. The number of nitrogens with zero attached hydrogens (tertiary/aromatic N) is 5. The molecule has 27 heavy (non-hydrogen) atoms. The molecule has 0 radical (unpaired) electrons. The highest BCUT2D eigenvalue weighted by Crippen LogP contribution is 2.24. The number of carbonyl (C=O) groups is 1. The molecular formula is C18H18ClN5O2S. The van der Waals surface area contributed by atoms with E-state index < -0.39 is 11.2 Å². The van der Waals surface area contributed by atoms with Crippen molar-refractivity contribution in [1.29, 1.82) is 0 Å². The molecule has 3 rings (SSSR count). The van der Waals surface area contributed by atoms with E-state index in [1.54, 1.807) is 41.4 Å². The van der Waals surface area contributed by atoms with Crippen LogP contribution in [0.25, 0.3) is 5.82 Å². The fraction of sp³-hybridized carbons (Fsp3) is 0.278. The Morgan fingerprint density at radius 3 is 2.81 bits per heavy atom. The normalized spacial score (nSPS) is 13.3. The minimum atomic E-state index is -1.20. The van der Waals surface area contributed by atoms with Crippen LogP contribution in [-0.2, 0) is 11.2 Å². The Morgan fingerprint density at radius 2 is 2.11 bits per heavy atom. The van der Waals surface area contributed by atoms with Crippen molar-refractivity contribution in [2.45, 2.75) is 30.6 Å². The van der Waals surface area contributed by atoms with Gasteiger partial charge < -0.3 is 4.55 Å². The maximum atomic E-state index is 12.6. The summed E-state index contributed by atoms with van der Waals surface area (Å²) >= 11 is 4.85. The average Bonchev–Trinajstić information content (AvgIpc) is 3.16. The molecule has 0 saturated heterocycles. The third kappa shape index (κ3) is 4.71. The molecule has 0 saturated carbocycles. The van der Waals surface area contributed by atoms with Crippen molar-refractivity contribution < 1.29 is 9.35 Å². The van der Waals surface area contributed by atoms with Crippen molar-refractivity contribution in [1.82, 2.24) is 24.7 Å². The number of rotatable bonds is 7. The lowest BCUT2D eigenvalue weighted by molar-refractivity contribution is 0.0977. The molecule has 0 aliphatic carbocycles. The molecule has 1 aromatic carbocycles. The lowest BCUT2D eigenvalue weighted by Gasteiger charge is -2.12. The summed E-state index contributed by atoms with van der Waals surface area (Å²) in [6.45, 7) is 1.99. The van der Waals surface area contributed by atoms with Crippen molar-refractivity contribution in [3.05, 3.63) is 59.5 Å². The summed E-state index contributed by atoms with van der Waals surface area (Å²) in [7, 11) is 0. The Labute approximate surface area is 165 Å². The number of hydrogen-bond donors (Lipinski definition) is 0. The molecule has 0 N–H and O–H groups in total. The van der Waals surface area contributed by atoms with E-state index in [4.69, 9.17) is 11.6 Å². The second-order valence-corrected chi connectivity index (χ2v) is 7.91. The Morgan fingerprint density at radius 1 is 1.30 bits per heavy atom. The first-order valence-electron chi connectivity index (χ1n) is 8.29. The minimum absolute atomic E-state index is 0.00891. The van der Waals surface area contributed by atoms with Crippen LogP contribution in [0.1, 0.15) is 41.9 Å². The van der Waals surface area contributed by atoms with Gasteiger partial charge in [-0.3, -0.25) is 4.79 Å². The van der Waals surface area contributed by atoms with Gasteiger partial charge in [0.25, 0.3) is 0 Å². The molecule has 0 aliphatic heterocycles. The van der Waals surface area contributed by atoms with Crippen LogP contribution < -0.4 is 0 Å². The molecule has 0 aliphatic rings. The molecule has 2 aromatic heterocycles. The highest BCUT2D eigenvalue weighted by atomic mass is 35.5. The van der Waals surface area contributed by atoms with E-state index in [2.05, 4.69) is 20.1 Å². The van der Waals surface area contributed by atoms with Crippen LogP contribution in [0.2, 0.25) is 5.02 Å². The second-order valence-electron chi connectivity index (χ2n) is 6.09. The highest BCUT2D eigenvalue weighted by Gasteiger charge is 2.18. The van der Waals surface area contributed by atoms with Crippen LogP contribution in [-0.4, -0.2) is 41.3 Å². The number of carbonyl (C=O) groups excluding carboxylic acids is 1. The first-order chi connectivity index (χ1) is 13.0. The number of aromatic nitrogens is 5. The molecule has 0 fully saturated rings. The lowest BCUT2D eigenvalue weighted by atomic mass is 9.99. The van der Waals surface area contributed by atoms with E-state index >= 15 is 0 Å². The summed E-state index contributed by atoms with van der Waals surface area (Å²) in [5.41, 5.74) is 0.470. The van der Waals surface area contributed by atoms with E-state index in [0.717, 1.165) is 5.82 Å². The van der Waals surface area contributed by atoms with Gasteiger partial charge in [0.05, 0.1) is 0 Å². The van der Waals surface area contributed by atoms with Gasteiger partial charge in [-0.25, -0.2) is 15.0 Å². The smallest absolute Gasteiger partial charge is 0.163 e. The summed E-state index contributed by atoms with van der Waals surface area (Å²) in [6, 6.07) is 6.60. The Balaban J connectivity index is 1.71. The number of Topliss-reactive ketones (excluding diaryl/α,β-unsaturated/α-hetero) is 1. The van der Waals surface area contributed by atoms with E-state index in [1.807, 2.05) is 6.92 Å². The highest BCUT2D eigenvalue weighted by molar-refractivity contribution is 7.90. The zero-order valence-electron chi connectivity index (χ0n) is 14.9. The third-order valence-corrected chi connectivity index (χ3v) is 5.25. The van der Waals surface area contributed by atoms with Gasteiger partial charge in [-0.1, -0.05) is 18.5 Å². The van der Waals surface area contributed by atoms with Crippen molar-refractivity contribution in [2.75, 3.05) is 6.26 Å². The first kappa shape index (κ1) is 19.5. The van der Waals surface area contributed by atoms with Gasteiger partial charge in [-0.2, -0.15) is 9.78 Å². The Kier molecular flexibility index (Phi) is 6.20. The Hall–Kier alpha value is -2.29. The SMILES string of the molecule is CC(CCC(=O)c1cc(Cl)cc([S+](C)[O-])c1)c1ncnn1-c1ccncn1. The van der Waals surface area contributed by atoms with E-state index in [1.165, 1.54) is 12.7 Å². The number of benzene rings is 1. The van der Waals surface area contributed by atoms with Gasteiger partial charge in [-0.15, -0.1) is 0 Å². The zero-order valence-corrected chi connectivity index (χ0v) is 16.4. The van der Waals surface area contributed by atoms with Crippen molar-refractivity contribution in [3.63, 3.8) is 0 Å². The summed E-state index contributed by atoms with van der Waals surface area (Å²) in [5, 5.41) is 4.62. The molecule has 9 heteroatoms. The maximum absolute atomic E-state index is 12.6. The van der Waals surface area contributed by atoms with Crippen molar-refractivity contribution >= 4 is 28.6 Å². The molecule has 0 spiro atoms. The van der Waals surface area contributed by atoms with Crippen LogP contribution in [0, 0.1) is 0 Å². The molecule has 0 amide bonds. The van der Waals surface area contributed by atoms with Gasteiger partial charge in [0, 0.05) is 47.3 Å². The average molecular weight is 404 g/mol. The quantitative estimate of drug-likeness (QED) is 0.444. The number of ketones is 1. The largest absolute Gasteiger partial charge is 0.612 e. The molecule has 7 nitrogen and oxygen atoms in total. The van der Waals surface area contributed by atoms with Crippen molar-refractivity contribution in [3.8, 4) is 5.82 Å². The fourth-order valence-corrected chi connectivity index (χ4v) is 3.57. The topological polar surface area (TPSA) is 96.6 Å². The van der Waals surface area contributed by atoms with Gasteiger partial charge >= 0.3 is 0 Å². The number of halogens is 1. The molecule has 0 bridgehead atoms. The summed E-state index contributed by atoms with van der Waals surface area (Å²) in [5.74, 6) is 1.29. The van der Waals surface area contributed by atoms with E-state index in [0.29, 0.717) is 34.1 Å². The van der Waals surface area contributed by atoms with Crippen LogP contribution in [0.15, 0.2) is 48.0 Å². The summed E-state index contributed by atoms with van der Waals surface area (Å²) in [4.78, 5) is 25.5. The van der Waals surface area contributed by atoms with Crippen LogP contribution in [0.5, 0.6) is 0 Å². The number of hydrogen-bond acceptors (Lipinski definition) is 6. The van der Waals surface area contributed by atoms with Crippen LogP contribution >= 0.6 is 11.6 Å². The first-order valence-corrected chi connectivity index (χ1v) is 10.2. The van der Waals surface area contributed by atoms with Crippen LogP contribution in [0.3, 0.4) is 0 Å². The van der Waals surface area contributed by atoms with E-state index in [9.17, 15) is 9.35 Å². The van der Waals surface area contributed by atoms with Gasteiger partial charge in [-0.05, 0) is 23.7 Å². The van der Waals surface area contributed by atoms with Crippen molar-refractivity contribution in [2.24, 2.45) is 0 Å². The molecule has 2 unspecified atom stereocenters. The third-order valence-electron chi connectivity index (χ3n) is 4.13. The lowest BCUT2D eigenvalue weighted by Crippen LogP contribution is -2.10. The van der Waals surface area contributed by atoms with E-state index in [-0.39, 0.29) is 11.7 Å². The molecule has 3 aromatic rings. The van der Waals surface area contributed by atoms with Gasteiger partial charge in [0.15, 0.2) is 16.5 Å². The van der Waals surface area contributed by atoms with Crippen LogP contribution in [0.4, 0.5) is 0 Å². The minimum Gasteiger partial charge on any atom is -0.612 e. The molecule has 2 heterocycles. The molecule has 2 atom stereocenters. The maximum Gasteiger partial charge on any atom is 0.163 e. The fourth-order valence-electron chi connectivity index (χ4n) is 2.68. The molecular weight excluding hydrogens is 386 g/mol. The second kappa shape index (κ2) is 8.60. The van der Waals surface area contributed by atoms with Gasteiger partial charge in [0.2, 0.25) is 0 Å². The molecule has 140 valence electrons. The standard InChI is InChI=1S/C18H18ClN5O2S/c1-12(18-22-11-23-24(18)17-5-6-20-10-21-17)3-4-16(25)13-7-14(19)9-15(8-13)27(2)26/h5-12H,3-4H2,1-2H3. The zero-order chi connectivity index (χ0) is 19.4. The monoisotopic (exact) mass is 403 g/mol. The summed E-state index contributed by atoms with van der Waals surface area (Å²) in [6.07, 6.45) is 7.00. The predicted octanol–water partition coefficient (Wildman–Crippen LogP) is 3.21. The van der Waals surface area contributed by atoms with Gasteiger partial charge in [0.1, 0.15) is 24.7 Å². The Bertz CT molecular complexity index is 933. The summed E-state index contributed by atoms with van der Waals surface area (Å²) < 4.78 is 13.3.